The highest BCUT2D eigenvalue weighted by Crippen LogP contribution is 1.89. The maximum absolute atomic E-state index is 8.25. The number of ether oxygens (including phenoxy) is 2. The number of carbonyl (C=O) groups is 1. The number of likely N-dealkylation sites (N-methyl/N-ethyl adjacent to an activating group) is 1. The topological polar surface area (TPSA) is 58.6 Å². The molecule has 5 nitrogen and oxygen atoms in total. The Morgan fingerprint density at radius 2 is 1.79 bits per heavy atom. The van der Waals surface area contributed by atoms with Gasteiger partial charge in [-0.1, -0.05) is 0 Å². The van der Waals surface area contributed by atoms with Gasteiger partial charge < -0.3 is 23.9 Å². The summed E-state index contributed by atoms with van der Waals surface area (Å²) in [5.74, 6) is 0. The Morgan fingerprint density at radius 1 is 1.29 bits per heavy atom. The van der Waals surface area contributed by atoms with Crippen LogP contribution in [0.5, 0.6) is 0 Å². The van der Waals surface area contributed by atoms with Crippen LogP contribution in [0.15, 0.2) is 0 Å². The molecule has 0 aliphatic rings. The van der Waals surface area contributed by atoms with Crippen molar-refractivity contribution in [3.63, 3.8) is 0 Å². The van der Waals surface area contributed by atoms with Crippen LogP contribution in [0.25, 0.3) is 0 Å². The van der Waals surface area contributed by atoms with E-state index in [0.717, 1.165) is 24.2 Å². The molecular weight excluding hydrogens is 186 g/mol. The lowest BCUT2D eigenvalue weighted by atomic mass is 10.5. The highest BCUT2D eigenvalue weighted by Gasteiger charge is 2.04. The van der Waals surface area contributed by atoms with E-state index in [4.69, 9.17) is 19.4 Å². The second kappa shape index (κ2) is 10.4. The number of quaternary nitrogens is 1. The van der Waals surface area contributed by atoms with Crippen LogP contribution in [0, 0.1) is 0 Å². The van der Waals surface area contributed by atoms with E-state index in [0.29, 0.717) is 6.79 Å². The quantitative estimate of drug-likeness (QED) is 0.244. The summed E-state index contributed by atoms with van der Waals surface area (Å²) in [6, 6.07) is 0. The largest absolute Gasteiger partial charge is 0.554 e. The molecule has 0 atom stereocenters. The van der Waals surface area contributed by atoms with Gasteiger partial charge in [-0.3, -0.25) is 0 Å². The zero-order chi connectivity index (χ0) is 11.4. The van der Waals surface area contributed by atoms with Gasteiger partial charge in [0.25, 0.3) is 0 Å². The second-order valence-electron chi connectivity index (χ2n) is 3.63. The van der Waals surface area contributed by atoms with Crippen LogP contribution < -0.4 is 5.11 Å². The third-order valence-corrected chi connectivity index (χ3v) is 1.28. The lowest BCUT2D eigenvalue weighted by Gasteiger charge is -2.23. The fraction of sp³-hybridized carbons (Fsp3) is 0.889. The molecule has 0 aromatic carbocycles. The molecule has 0 rings (SSSR count). The van der Waals surface area contributed by atoms with Crippen LogP contribution in [-0.4, -0.2) is 58.6 Å². The van der Waals surface area contributed by atoms with Crippen LogP contribution in [0.1, 0.15) is 6.92 Å². The monoisotopic (exact) mass is 207 g/mol. The van der Waals surface area contributed by atoms with Crippen molar-refractivity contribution in [2.75, 3.05) is 47.7 Å². The van der Waals surface area contributed by atoms with Gasteiger partial charge in [-0.15, -0.1) is 0 Å². The van der Waals surface area contributed by atoms with E-state index in [-0.39, 0.29) is 0 Å². The number of carbonyl (C=O) groups excluding carboxylic acids is 1. The summed E-state index contributed by atoms with van der Waals surface area (Å²) < 4.78 is 11.2. The number of hydrogen-bond donors (Lipinski definition) is 0. The fourth-order valence-corrected chi connectivity index (χ4v) is 0.540. The molecule has 0 bridgehead atoms. The number of nitrogens with zero attached hydrogens (tertiary/aromatic N) is 1. The van der Waals surface area contributed by atoms with E-state index < -0.39 is 6.47 Å². The maximum Gasteiger partial charge on any atom is 0.146 e. The van der Waals surface area contributed by atoms with Crippen molar-refractivity contribution in [2.24, 2.45) is 0 Å². The Labute approximate surface area is 85.8 Å². The van der Waals surface area contributed by atoms with Gasteiger partial charge in [0.15, 0.2) is 0 Å². The minimum atomic E-state index is -0.500. The SMILES string of the molecule is CCOCOCC[N+](C)(C)C.O=C[O-]. The number of carboxylic acid groups (broad SMARTS) is 1. The van der Waals surface area contributed by atoms with Gasteiger partial charge in [-0.25, -0.2) is 0 Å². The van der Waals surface area contributed by atoms with E-state index in [1.165, 1.54) is 0 Å². The Bertz CT molecular complexity index is 122. The summed E-state index contributed by atoms with van der Waals surface area (Å²) in [4.78, 5) is 8.25. The van der Waals surface area contributed by atoms with Crippen molar-refractivity contribution >= 4 is 6.47 Å². The van der Waals surface area contributed by atoms with Crippen LogP contribution in [-0.2, 0) is 14.3 Å². The first-order valence-corrected chi connectivity index (χ1v) is 4.49. The first-order valence-electron chi connectivity index (χ1n) is 4.49. The molecule has 0 aromatic rings. The standard InChI is InChI=1S/C8H20NO2.CH2O2/c1-5-10-8-11-7-6-9(2,3)4;2-1-3/h5-8H2,1-4H3;1H,(H,2,3)/q+1;/p-1. The summed E-state index contributed by atoms with van der Waals surface area (Å²) >= 11 is 0. The summed E-state index contributed by atoms with van der Waals surface area (Å²) in [7, 11) is 6.43. The van der Waals surface area contributed by atoms with Crippen LogP contribution in [0.4, 0.5) is 0 Å². The molecule has 0 fully saturated rings. The average Bonchev–Trinajstić information content (AvgIpc) is 2.03. The fourth-order valence-electron chi connectivity index (χ4n) is 0.540. The number of rotatable bonds is 6. The zero-order valence-electron chi connectivity index (χ0n) is 9.49. The third-order valence-electron chi connectivity index (χ3n) is 1.28. The predicted molar refractivity (Wildman–Crippen MR) is 51.4 cm³/mol. The Hall–Kier alpha value is -0.650. The summed E-state index contributed by atoms with van der Waals surface area (Å²) in [5, 5.41) is 8.25. The molecule has 0 aliphatic carbocycles. The first kappa shape index (κ1) is 15.8. The molecular formula is C9H21NO4. The molecule has 0 unspecified atom stereocenters. The lowest BCUT2D eigenvalue weighted by Crippen LogP contribution is -2.37. The highest BCUT2D eigenvalue weighted by atomic mass is 16.7. The molecule has 0 saturated carbocycles. The van der Waals surface area contributed by atoms with Gasteiger partial charge in [-0.2, -0.15) is 0 Å². The van der Waals surface area contributed by atoms with Crippen LogP contribution in [0.2, 0.25) is 0 Å². The molecule has 0 aliphatic heterocycles. The predicted octanol–water partition coefficient (Wildman–Crippen LogP) is -0.931. The Morgan fingerprint density at radius 3 is 2.14 bits per heavy atom. The van der Waals surface area contributed by atoms with Crippen molar-refractivity contribution in [1.82, 2.24) is 0 Å². The molecule has 0 heterocycles. The van der Waals surface area contributed by atoms with Gasteiger partial charge >= 0.3 is 0 Å². The molecule has 0 N–H and O–H groups in total. The van der Waals surface area contributed by atoms with Crippen molar-refractivity contribution in [2.45, 2.75) is 6.92 Å². The Balaban J connectivity index is 0. The summed E-state index contributed by atoms with van der Waals surface area (Å²) in [6.07, 6.45) is 0. The molecule has 0 spiro atoms. The minimum absolute atomic E-state index is 0.427. The minimum Gasteiger partial charge on any atom is -0.554 e. The summed E-state index contributed by atoms with van der Waals surface area (Å²) in [6.45, 7) is 4.40. The van der Waals surface area contributed by atoms with Crippen molar-refractivity contribution in [1.29, 1.82) is 0 Å². The van der Waals surface area contributed by atoms with E-state index >= 15 is 0 Å². The van der Waals surface area contributed by atoms with Crippen LogP contribution >= 0.6 is 0 Å². The van der Waals surface area contributed by atoms with Crippen molar-refractivity contribution < 1.29 is 23.9 Å². The molecule has 0 amide bonds. The molecule has 86 valence electrons. The van der Waals surface area contributed by atoms with Crippen molar-refractivity contribution in [3.8, 4) is 0 Å². The normalized spacial score (nSPS) is 10.3. The lowest BCUT2D eigenvalue weighted by molar-refractivity contribution is -0.870. The second-order valence-corrected chi connectivity index (χ2v) is 3.63. The van der Waals surface area contributed by atoms with E-state index in [9.17, 15) is 0 Å². The Kier molecular flexibility index (Phi) is 11.8. The molecule has 14 heavy (non-hydrogen) atoms. The van der Waals surface area contributed by atoms with E-state index in [2.05, 4.69) is 21.1 Å². The molecule has 5 heteroatoms. The van der Waals surface area contributed by atoms with Gasteiger partial charge in [0, 0.05) is 13.1 Å². The zero-order valence-corrected chi connectivity index (χ0v) is 9.49. The maximum atomic E-state index is 8.25. The molecule has 0 aromatic heterocycles. The number of hydrogen-bond acceptors (Lipinski definition) is 4. The average molecular weight is 207 g/mol. The smallest absolute Gasteiger partial charge is 0.146 e. The van der Waals surface area contributed by atoms with Gasteiger partial charge in [0.05, 0.1) is 27.7 Å². The van der Waals surface area contributed by atoms with Gasteiger partial charge in [0.2, 0.25) is 0 Å². The molecule has 0 radical (unpaired) electrons. The van der Waals surface area contributed by atoms with E-state index in [1.807, 2.05) is 6.92 Å². The van der Waals surface area contributed by atoms with Gasteiger partial charge in [0.1, 0.15) is 13.3 Å². The highest BCUT2D eigenvalue weighted by molar-refractivity contribution is 5.29. The van der Waals surface area contributed by atoms with Crippen LogP contribution in [0.3, 0.4) is 0 Å². The van der Waals surface area contributed by atoms with Gasteiger partial charge in [-0.05, 0) is 6.92 Å². The first-order chi connectivity index (χ1) is 6.47. The van der Waals surface area contributed by atoms with E-state index in [1.54, 1.807) is 0 Å². The third kappa shape index (κ3) is 22.5. The van der Waals surface area contributed by atoms with Crippen molar-refractivity contribution in [3.05, 3.63) is 0 Å². The summed E-state index contributed by atoms with van der Waals surface area (Å²) in [5.41, 5.74) is 0. The molecule has 0 saturated heterocycles.